The Morgan fingerprint density at radius 2 is 2.28 bits per heavy atom. The topological polar surface area (TPSA) is 117 Å². The fourth-order valence-electron chi connectivity index (χ4n) is 2.95. The molecule has 2 fully saturated rings. The number of hydrogen-bond acceptors (Lipinski definition) is 5. The zero-order valence-corrected chi connectivity index (χ0v) is 9.31. The van der Waals surface area contributed by atoms with Gasteiger partial charge in [0.15, 0.2) is 6.33 Å². The van der Waals surface area contributed by atoms with Crippen LogP contribution in [0.1, 0.15) is 18.7 Å². The number of rotatable bonds is 3. The molecule has 2 heterocycles. The summed E-state index contributed by atoms with van der Waals surface area (Å²) in [6.45, 7) is 0. The fraction of sp³-hybridized carbons (Fsp3) is 0.600. The molecule has 1 saturated heterocycles. The quantitative estimate of drug-likeness (QED) is 0.790. The molecule has 0 radical (unpaired) electrons. The summed E-state index contributed by atoms with van der Waals surface area (Å²) in [5.41, 5.74) is -0.339. The molecule has 1 amide bonds. The zero-order valence-electron chi connectivity index (χ0n) is 9.31. The molecular weight excluding hydrogens is 242 g/mol. The summed E-state index contributed by atoms with van der Waals surface area (Å²) < 4.78 is 4.90. The molecule has 3 rings (SSSR count). The Bertz CT molecular complexity index is 502. The average Bonchev–Trinajstić information content (AvgIpc) is 2.70. The smallest absolute Gasteiger partial charge is 0.408 e. The van der Waals surface area contributed by atoms with Crippen LogP contribution in [0.5, 0.6) is 0 Å². The van der Waals surface area contributed by atoms with Gasteiger partial charge in [0.2, 0.25) is 5.89 Å². The van der Waals surface area contributed by atoms with Gasteiger partial charge in [-0.2, -0.15) is 4.98 Å². The number of likely N-dealkylation sites (tertiary alicyclic amines) is 1. The van der Waals surface area contributed by atoms with Crippen LogP contribution in [0.4, 0.5) is 4.79 Å². The largest absolute Gasteiger partial charge is 0.480 e. The van der Waals surface area contributed by atoms with E-state index in [1.165, 1.54) is 6.33 Å². The van der Waals surface area contributed by atoms with Crippen molar-refractivity contribution in [3.8, 4) is 0 Å². The van der Waals surface area contributed by atoms with Crippen molar-refractivity contribution in [3.63, 3.8) is 0 Å². The molecule has 1 aromatic heterocycles. The second-order valence-electron chi connectivity index (χ2n) is 4.84. The highest BCUT2D eigenvalue weighted by Gasteiger charge is 2.68. The van der Waals surface area contributed by atoms with Gasteiger partial charge in [-0.25, -0.2) is 9.59 Å². The third kappa shape index (κ3) is 1.45. The van der Waals surface area contributed by atoms with E-state index in [0.717, 1.165) is 4.90 Å². The fourth-order valence-corrected chi connectivity index (χ4v) is 2.95. The number of aliphatic carboxylic acids is 1. The van der Waals surface area contributed by atoms with E-state index < -0.39 is 18.1 Å². The lowest BCUT2D eigenvalue weighted by Gasteiger charge is -2.20. The van der Waals surface area contributed by atoms with Crippen molar-refractivity contribution in [1.29, 1.82) is 0 Å². The van der Waals surface area contributed by atoms with E-state index in [9.17, 15) is 9.59 Å². The molecule has 3 atom stereocenters. The third-order valence-electron chi connectivity index (χ3n) is 3.83. The maximum atomic E-state index is 11.1. The highest BCUT2D eigenvalue weighted by molar-refractivity contribution is 5.81. The molecule has 2 N–H and O–H groups in total. The summed E-state index contributed by atoms with van der Waals surface area (Å²) in [5, 5.41) is 21.6. The van der Waals surface area contributed by atoms with Crippen LogP contribution in [0.2, 0.25) is 0 Å². The van der Waals surface area contributed by atoms with E-state index in [0.29, 0.717) is 25.2 Å². The molecule has 1 saturated carbocycles. The first-order chi connectivity index (χ1) is 8.53. The van der Waals surface area contributed by atoms with E-state index in [1.807, 2.05) is 0 Å². The van der Waals surface area contributed by atoms with Crippen LogP contribution in [0.15, 0.2) is 10.9 Å². The minimum atomic E-state index is -1.18. The van der Waals surface area contributed by atoms with Crippen LogP contribution in [-0.4, -0.2) is 49.4 Å². The molecule has 8 nitrogen and oxygen atoms in total. The van der Waals surface area contributed by atoms with Crippen LogP contribution in [0, 0.1) is 5.41 Å². The summed E-state index contributed by atoms with van der Waals surface area (Å²) in [7, 11) is 0. The Labute approximate surface area is 101 Å². The van der Waals surface area contributed by atoms with Gasteiger partial charge in [-0.05, 0) is 12.8 Å². The minimum Gasteiger partial charge on any atom is -0.480 e. The standard InChI is InChI=1S/C10H11N3O5/c14-8(15)5-1-10(3-7-11-4-12-18-7)2-6(10)13(5)9(16)17/h4-6H,1-3H2,(H,14,15)(H,16,17). The lowest BCUT2D eigenvalue weighted by Crippen LogP contribution is -2.42. The molecule has 0 bridgehead atoms. The van der Waals surface area contributed by atoms with Crippen LogP contribution in [-0.2, 0) is 11.2 Å². The van der Waals surface area contributed by atoms with Crippen molar-refractivity contribution < 1.29 is 24.3 Å². The van der Waals surface area contributed by atoms with Gasteiger partial charge in [0.25, 0.3) is 0 Å². The second-order valence-corrected chi connectivity index (χ2v) is 4.84. The monoisotopic (exact) mass is 253 g/mol. The Balaban J connectivity index is 1.82. The first-order valence-electron chi connectivity index (χ1n) is 5.53. The van der Waals surface area contributed by atoms with E-state index >= 15 is 0 Å². The summed E-state index contributed by atoms with van der Waals surface area (Å²) in [5.74, 6) is -0.677. The average molecular weight is 253 g/mol. The number of carboxylic acid groups (broad SMARTS) is 2. The van der Waals surface area contributed by atoms with Gasteiger partial charge in [-0.15, -0.1) is 0 Å². The van der Waals surface area contributed by atoms with Gasteiger partial charge in [-0.1, -0.05) is 5.16 Å². The van der Waals surface area contributed by atoms with Gasteiger partial charge in [0.05, 0.1) is 0 Å². The number of piperidine rings is 1. The molecule has 1 aromatic rings. The minimum absolute atomic E-state index is 0.247. The number of nitrogens with zero attached hydrogens (tertiary/aromatic N) is 3. The molecular formula is C10H11N3O5. The van der Waals surface area contributed by atoms with Crippen LogP contribution in [0.3, 0.4) is 0 Å². The molecule has 0 aromatic carbocycles. The number of fused-ring (bicyclic) bond motifs is 1. The Hall–Kier alpha value is -2.12. The van der Waals surface area contributed by atoms with Crippen molar-refractivity contribution >= 4 is 12.1 Å². The van der Waals surface area contributed by atoms with Crippen LogP contribution < -0.4 is 0 Å². The van der Waals surface area contributed by atoms with Crippen molar-refractivity contribution in [2.24, 2.45) is 5.41 Å². The van der Waals surface area contributed by atoms with Gasteiger partial charge in [0.1, 0.15) is 6.04 Å². The Kier molecular flexibility index (Phi) is 2.10. The van der Waals surface area contributed by atoms with E-state index in [1.54, 1.807) is 0 Å². The maximum absolute atomic E-state index is 11.1. The molecule has 96 valence electrons. The second kappa shape index (κ2) is 3.44. The number of carbonyl (C=O) groups is 2. The van der Waals surface area contributed by atoms with E-state index in [4.69, 9.17) is 14.7 Å². The van der Waals surface area contributed by atoms with E-state index in [2.05, 4.69) is 10.1 Å². The summed E-state index contributed by atoms with van der Waals surface area (Å²) in [4.78, 5) is 27.1. The van der Waals surface area contributed by atoms with Crippen LogP contribution >= 0.6 is 0 Å². The normalized spacial score (nSPS) is 33.2. The molecule has 2 aliphatic rings. The molecule has 18 heavy (non-hydrogen) atoms. The number of aromatic nitrogens is 2. The first-order valence-corrected chi connectivity index (χ1v) is 5.53. The predicted octanol–water partition coefficient (Wildman–Crippen LogP) is 0.208. The highest BCUT2D eigenvalue weighted by Crippen LogP contribution is 2.61. The molecule has 8 heteroatoms. The van der Waals surface area contributed by atoms with Gasteiger partial charge in [-0.3, -0.25) is 4.90 Å². The van der Waals surface area contributed by atoms with Crippen molar-refractivity contribution in [1.82, 2.24) is 15.0 Å². The Morgan fingerprint density at radius 3 is 2.78 bits per heavy atom. The molecule has 1 aliphatic heterocycles. The number of carboxylic acids is 1. The predicted molar refractivity (Wildman–Crippen MR) is 54.7 cm³/mol. The number of amides is 1. The Morgan fingerprint density at radius 1 is 1.50 bits per heavy atom. The van der Waals surface area contributed by atoms with Gasteiger partial charge >= 0.3 is 12.1 Å². The van der Waals surface area contributed by atoms with Gasteiger partial charge in [0, 0.05) is 17.9 Å². The highest BCUT2D eigenvalue weighted by atomic mass is 16.5. The molecule has 0 spiro atoms. The maximum Gasteiger partial charge on any atom is 0.408 e. The first kappa shape index (κ1) is 11.0. The van der Waals surface area contributed by atoms with Crippen molar-refractivity contribution in [3.05, 3.63) is 12.2 Å². The number of hydrogen-bond donors (Lipinski definition) is 2. The summed E-state index contributed by atoms with van der Waals surface area (Å²) in [6.07, 6.45) is 1.50. The van der Waals surface area contributed by atoms with Gasteiger partial charge < -0.3 is 14.7 Å². The summed E-state index contributed by atoms with van der Waals surface area (Å²) in [6, 6.07) is -1.22. The zero-order chi connectivity index (χ0) is 12.9. The molecule has 3 unspecified atom stereocenters. The SMILES string of the molecule is O=C(O)C1CC2(Cc3ncno3)CC2N1C(=O)O. The lowest BCUT2D eigenvalue weighted by atomic mass is 9.96. The molecule has 1 aliphatic carbocycles. The summed E-state index contributed by atoms with van der Waals surface area (Å²) >= 11 is 0. The van der Waals surface area contributed by atoms with Crippen LogP contribution in [0.25, 0.3) is 0 Å². The lowest BCUT2D eigenvalue weighted by molar-refractivity contribution is -0.142. The van der Waals surface area contributed by atoms with Crippen molar-refractivity contribution in [2.45, 2.75) is 31.3 Å². The van der Waals surface area contributed by atoms with Crippen molar-refractivity contribution in [2.75, 3.05) is 0 Å². The third-order valence-corrected chi connectivity index (χ3v) is 3.83. The van der Waals surface area contributed by atoms with E-state index in [-0.39, 0.29) is 11.5 Å².